The summed E-state index contributed by atoms with van der Waals surface area (Å²) in [6.07, 6.45) is 2.44. The van der Waals surface area contributed by atoms with Gasteiger partial charge in [-0.15, -0.1) is 0 Å². The van der Waals surface area contributed by atoms with E-state index in [-0.39, 0.29) is 0 Å². The molecule has 3 heteroatoms. The van der Waals surface area contributed by atoms with Crippen molar-refractivity contribution in [2.75, 3.05) is 26.3 Å². The fourth-order valence-electron chi connectivity index (χ4n) is 3.73. The van der Waals surface area contributed by atoms with E-state index in [0.29, 0.717) is 0 Å². The fourth-order valence-corrected chi connectivity index (χ4v) is 6.48. The van der Waals surface area contributed by atoms with Crippen molar-refractivity contribution in [3.05, 3.63) is 77.9 Å². The first-order valence-corrected chi connectivity index (χ1v) is 12.9. The van der Waals surface area contributed by atoms with Gasteiger partial charge in [-0.1, -0.05) is 80.7 Å². The van der Waals surface area contributed by atoms with Crippen molar-refractivity contribution in [3.8, 4) is 0 Å². The zero-order valence-electron chi connectivity index (χ0n) is 16.2. The molecule has 138 valence electrons. The Hall–Kier alpha value is -1.68. The molecule has 0 spiro atoms. The summed E-state index contributed by atoms with van der Waals surface area (Å²) in [5.41, 5.74) is 4.93. The standard InChI is InChI=1S/C23H31NOSi/c1-20(22-9-5-4-6-10-22)23-13-11-21(12-14-23)8-7-19-26(2,3)24-15-17-25-18-16-24/h4-6,9-14H,1,7-8,15-19H2,2-3H3. The van der Waals surface area contributed by atoms with Crippen LogP contribution < -0.4 is 0 Å². The predicted molar refractivity (Wildman–Crippen MR) is 114 cm³/mol. The van der Waals surface area contributed by atoms with Crippen molar-refractivity contribution in [1.82, 2.24) is 4.57 Å². The maximum atomic E-state index is 5.50. The highest BCUT2D eigenvalue weighted by Gasteiger charge is 2.29. The summed E-state index contributed by atoms with van der Waals surface area (Å²) in [5.74, 6) is 0. The summed E-state index contributed by atoms with van der Waals surface area (Å²) in [5, 5.41) is 0. The molecule has 26 heavy (non-hydrogen) atoms. The van der Waals surface area contributed by atoms with Crippen LogP contribution in [0.3, 0.4) is 0 Å². The molecule has 1 heterocycles. The summed E-state index contributed by atoms with van der Waals surface area (Å²) in [7, 11) is -1.29. The van der Waals surface area contributed by atoms with Gasteiger partial charge < -0.3 is 9.30 Å². The highest BCUT2D eigenvalue weighted by atomic mass is 28.3. The SMILES string of the molecule is C=C(c1ccccc1)c1ccc(CCC[Si](C)(C)N2CCOCC2)cc1. The zero-order chi connectivity index (χ0) is 18.4. The highest BCUT2D eigenvalue weighted by Crippen LogP contribution is 2.23. The zero-order valence-corrected chi connectivity index (χ0v) is 17.2. The number of benzene rings is 2. The van der Waals surface area contributed by atoms with Crippen molar-refractivity contribution in [3.63, 3.8) is 0 Å². The summed E-state index contributed by atoms with van der Waals surface area (Å²) in [4.78, 5) is 0. The molecule has 0 atom stereocenters. The maximum absolute atomic E-state index is 5.50. The smallest absolute Gasteiger partial charge is 0.122 e. The van der Waals surface area contributed by atoms with Gasteiger partial charge in [0, 0.05) is 13.1 Å². The predicted octanol–water partition coefficient (Wildman–Crippen LogP) is 5.22. The second kappa shape index (κ2) is 8.80. The van der Waals surface area contributed by atoms with E-state index in [2.05, 4.69) is 72.8 Å². The number of aryl methyl sites for hydroxylation is 1. The van der Waals surface area contributed by atoms with Gasteiger partial charge in [0.1, 0.15) is 8.24 Å². The number of ether oxygens (including phenoxy) is 1. The summed E-state index contributed by atoms with van der Waals surface area (Å²) < 4.78 is 8.22. The molecule has 2 nitrogen and oxygen atoms in total. The summed E-state index contributed by atoms with van der Waals surface area (Å²) in [6.45, 7) is 13.3. The molecule has 2 aromatic carbocycles. The van der Waals surface area contributed by atoms with Crippen LogP contribution in [0.2, 0.25) is 19.1 Å². The van der Waals surface area contributed by atoms with Crippen LogP contribution in [-0.4, -0.2) is 39.1 Å². The molecule has 2 aromatic rings. The number of hydrogen-bond acceptors (Lipinski definition) is 2. The lowest BCUT2D eigenvalue weighted by Gasteiger charge is -2.39. The van der Waals surface area contributed by atoms with Crippen LogP contribution in [0.4, 0.5) is 0 Å². The van der Waals surface area contributed by atoms with Crippen molar-refractivity contribution in [2.45, 2.75) is 32.0 Å². The largest absolute Gasteiger partial charge is 0.379 e. The Morgan fingerprint density at radius 3 is 2.23 bits per heavy atom. The normalized spacial score (nSPS) is 15.8. The monoisotopic (exact) mass is 365 g/mol. The molecule has 0 radical (unpaired) electrons. The van der Waals surface area contributed by atoms with E-state index in [1.165, 1.54) is 35.6 Å². The van der Waals surface area contributed by atoms with Crippen molar-refractivity contribution >= 4 is 13.8 Å². The van der Waals surface area contributed by atoms with Gasteiger partial charge in [-0.2, -0.15) is 0 Å². The van der Waals surface area contributed by atoms with Gasteiger partial charge in [0.25, 0.3) is 0 Å². The first kappa shape index (κ1) is 19.1. The highest BCUT2D eigenvalue weighted by molar-refractivity contribution is 6.74. The summed E-state index contributed by atoms with van der Waals surface area (Å²) in [6, 6.07) is 20.7. The minimum atomic E-state index is -1.29. The average Bonchev–Trinajstić information content (AvgIpc) is 2.69. The number of hydrogen-bond donors (Lipinski definition) is 0. The van der Waals surface area contributed by atoms with E-state index in [0.717, 1.165) is 31.9 Å². The van der Waals surface area contributed by atoms with E-state index in [1.54, 1.807) is 0 Å². The van der Waals surface area contributed by atoms with Gasteiger partial charge in [0.2, 0.25) is 0 Å². The molecule has 3 rings (SSSR count). The van der Waals surface area contributed by atoms with E-state index >= 15 is 0 Å². The molecule has 0 N–H and O–H groups in total. The van der Waals surface area contributed by atoms with Crippen LogP contribution in [-0.2, 0) is 11.2 Å². The van der Waals surface area contributed by atoms with Crippen LogP contribution in [0, 0.1) is 0 Å². The minimum absolute atomic E-state index is 0.906. The molecular weight excluding hydrogens is 334 g/mol. The molecule has 0 unspecified atom stereocenters. The molecule has 1 saturated heterocycles. The molecule has 1 fully saturated rings. The first-order valence-electron chi connectivity index (χ1n) is 9.73. The van der Waals surface area contributed by atoms with Gasteiger partial charge in [-0.25, -0.2) is 0 Å². The third-order valence-electron chi connectivity index (χ3n) is 5.55. The molecule has 0 aliphatic carbocycles. The lowest BCUT2D eigenvalue weighted by Crippen LogP contribution is -2.53. The van der Waals surface area contributed by atoms with Crippen molar-refractivity contribution in [2.24, 2.45) is 0 Å². The van der Waals surface area contributed by atoms with Gasteiger partial charge >= 0.3 is 0 Å². The summed E-state index contributed by atoms with van der Waals surface area (Å²) >= 11 is 0. The van der Waals surface area contributed by atoms with E-state index < -0.39 is 8.24 Å². The molecular formula is C23H31NOSi. The Balaban J connectivity index is 1.52. The topological polar surface area (TPSA) is 12.5 Å². The number of rotatable bonds is 7. The minimum Gasteiger partial charge on any atom is -0.379 e. The molecule has 1 aliphatic heterocycles. The maximum Gasteiger partial charge on any atom is 0.122 e. The van der Waals surface area contributed by atoms with Crippen LogP contribution >= 0.6 is 0 Å². The van der Waals surface area contributed by atoms with E-state index in [9.17, 15) is 0 Å². The Labute approximate surface area is 159 Å². The lowest BCUT2D eigenvalue weighted by molar-refractivity contribution is 0.0688. The van der Waals surface area contributed by atoms with Crippen LogP contribution in [0.25, 0.3) is 5.57 Å². The Bertz CT molecular complexity index is 703. The molecule has 0 saturated carbocycles. The molecule has 0 bridgehead atoms. The number of nitrogens with zero attached hydrogens (tertiary/aromatic N) is 1. The third kappa shape index (κ3) is 4.94. The van der Waals surface area contributed by atoms with E-state index in [4.69, 9.17) is 4.74 Å². The second-order valence-corrected chi connectivity index (χ2v) is 12.6. The molecule has 0 aromatic heterocycles. The van der Waals surface area contributed by atoms with Crippen LogP contribution in [0.1, 0.15) is 23.1 Å². The lowest BCUT2D eigenvalue weighted by atomic mass is 9.98. The first-order chi connectivity index (χ1) is 12.6. The molecule has 1 aliphatic rings. The third-order valence-corrected chi connectivity index (χ3v) is 9.28. The number of morpholine rings is 1. The Morgan fingerprint density at radius 1 is 0.962 bits per heavy atom. The van der Waals surface area contributed by atoms with Gasteiger partial charge in [-0.3, -0.25) is 0 Å². The molecule has 0 amide bonds. The quantitative estimate of drug-likeness (QED) is 0.624. The van der Waals surface area contributed by atoms with Crippen LogP contribution in [0.15, 0.2) is 61.2 Å². The fraction of sp³-hybridized carbons (Fsp3) is 0.391. The van der Waals surface area contributed by atoms with Gasteiger partial charge in [0.15, 0.2) is 0 Å². The van der Waals surface area contributed by atoms with Gasteiger partial charge in [-0.05, 0) is 34.7 Å². The Kier molecular flexibility index (Phi) is 6.46. The van der Waals surface area contributed by atoms with Crippen molar-refractivity contribution in [1.29, 1.82) is 0 Å². The van der Waals surface area contributed by atoms with Crippen molar-refractivity contribution < 1.29 is 4.74 Å². The average molecular weight is 366 g/mol. The Morgan fingerprint density at radius 2 is 1.58 bits per heavy atom. The van der Waals surface area contributed by atoms with Crippen LogP contribution in [0.5, 0.6) is 0 Å². The van der Waals surface area contributed by atoms with Gasteiger partial charge in [0.05, 0.1) is 13.2 Å². The van der Waals surface area contributed by atoms with E-state index in [1.807, 2.05) is 6.07 Å². The second-order valence-electron chi connectivity index (χ2n) is 7.81.